The minimum Gasteiger partial charge on any atom is -0.377 e. The van der Waals surface area contributed by atoms with Crippen LogP contribution >= 0.6 is 0 Å². The molecule has 0 aliphatic carbocycles. The van der Waals surface area contributed by atoms with E-state index in [-0.39, 0.29) is 12.4 Å². The molecule has 0 saturated carbocycles. The van der Waals surface area contributed by atoms with Crippen LogP contribution in [-0.2, 0) is 17.8 Å². The zero-order chi connectivity index (χ0) is 14.8. The molecule has 0 bridgehead atoms. The van der Waals surface area contributed by atoms with Gasteiger partial charge >= 0.3 is 0 Å². The summed E-state index contributed by atoms with van der Waals surface area (Å²) >= 11 is 0. The van der Waals surface area contributed by atoms with E-state index in [1.165, 1.54) is 12.1 Å². The van der Waals surface area contributed by atoms with Gasteiger partial charge in [0.15, 0.2) is 5.82 Å². The number of rotatable bonds is 4. The Labute approximate surface area is 121 Å². The summed E-state index contributed by atoms with van der Waals surface area (Å²) in [6.45, 7) is 1.03. The van der Waals surface area contributed by atoms with Gasteiger partial charge in [0.25, 0.3) is 0 Å². The van der Waals surface area contributed by atoms with E-state index in [4.69, 9.17) is 10.6 Å². The molecule has 2 heterocycles. The van der Waals surface area contributed by atoms with Crippen LogP contribution in [0.15, 0.2) is 24.3 Å². The molecule has 0 radical (unpaired) electrons. The Morgan fingerprint density at radius 3 is 3.00 bits per heavy atom. The zero-order valence-electron chi connectivity index (χ0n) is 11.6. The summed E-state index contributed by atoms with van der Waals surface area (Å²) < 4.78 is 18.5. The number of nitrogens with zero attached hydrogens (tertiary/aromatic N) is 3. The Balaban J connectivity index is 2.02. The third-order valence-electron chi connectivity index (χ3n) is 3.40. The zero-order valence-corrected chi connectivity index (χ0v) is 11.6. The number of hydrogen-bond acceptors (Lipinski definition) is 6. The van der Waals surface area contributed by atoms with Crippen molar-refractivity contribution in [2.75, 3.05) is 24.0 Å². The van der Waals surface area contributed by atoms with Crippen molar-refractivity contribution in [2.24, 2.45) is 5.84 Å². The maximum absolute atomic E-state index is 13.5. The molecule has 0 spiro atoms. The number of halogens is 1. The van der Waals surface area contributed by atoms with Gasteiger partial charge in [-0.2, -0.15) is 0 Å². The molecule has 7 heteroatoms. The maximum Gasteiger partial charge on any atom is 0.158 e. The standard InChI is InChI=1S/C14H16FN5O/c1-21-8-13-17-12(19-16)7-14(18-13)20-5-4-9-2-3-10(15)6-11(9)20/h2-3,6-7H,4-5,8,16H2,1H3,(H,17,18,19). The van der Waals surface area contributed by atoms with Crippen molar-refractivity contribution in [3.05, 3.63) is 41.5 Å². The summed E-state index contributed by atoms with van der Waals surface area (Å²) in [5.74, 6) is 6.87. The van der Waals surface area contributed by atoms with Crippen molar-refractivity contribution >= 4 is 17.3 Å². The van der Waals surface area contributed by atoms with Gasteiger partial charge in [-0.05, 0) is 24.1 Å². The van der Waals surface area contributed by atoms with Gasteiger partial charge in [-0.15, -0.1) is 0 Å². The second-order valence-electron chi connectivity index (χ2n) is 4.78. The molecule has 0 atom stereocenters. The molecule has 3 N–H and O–H groups in total. The smallest absolute Gasteiger partial charge is 0.158 e. The van der Waals surface area contributed by atoms with E-state index >= 15 is 0 Å². The van der Waals surface area contributed by atoms with Crippen LogP contribution in [0.5, 0.6) is 0 Å². The van der Waals surface area contributed by atoms with Crippen LogP contribution in [0.4, 0.5) is 21.7 Å². The van der Waals surface area contributed by atoms with Gasteiger partial charge in [0.1, 0.15) is 24.1 Å². The van der Waals surface area contributed by atoms with Crippen LogP contribution in [-0.4, -0.2) is 23.6 Å². The summed E-state index contributed by atoms with van der Waals surface area (Å²) in [6.07, 6.45) is 0.852. The van der Waals surface area contributed by atoms with E-state index < -0.39 is 0 Å². The normalized spacial score (nSPS) is 13.4. The molecule has 2 aromatic rings. The number of methoxy groups -OCH3 is 1. The highest BCUT2D eigenvalue weighted by Crippen LogP contribution is 2.34. The van der Waals surface area contributed by atoms with Crippen molar-refractivity contribution in [3.8, 4) is 0 Å². The van der Waals surface area contributed by atoms with Gasteiger partial charge in [0.2, 0.25) is 0 Å². The average molecular weight is 289 g/mol. The molecule has 21 heavy (non-hydrogen) atoms. The molecule has 0 amide bonds. The van der Waals surface area contributed by atoms with Gasteiger partial charge in [0.05, 0.1) is 0 Å². The van der Waals surface area contributed by atoms with Crippen LogP contribution in [0.2, 0.25) is 0 Å². The van der Waals surface area contributed by atoms with Crippen molar-refractivity contribution in [1.29, 1.82) is 0 Å². The summed E-state index contributed by atoms with van der Waals surface area (Å²) in [5.41, 5.74) is 4.45. The van der Waals surface area contributed by atoms with Gasteiger partial charge in [-0.1, -0.05) is 6.07 Å². The lowest BCUT2D eigenvalue weighted by molar-refractivity contribution is 0.178. The fourth-order valence-electron chi connectivity index (χ4n) is 2.48. The predicted molar refractivity (Wildman–Crippen MR) is 77.7 cm³/mol. The maximum atomic E-state index is 13.5. The van der Waals surface area contributed by atoms with E-state index in [1.54, 1.807) is 13.2 Å². The third kappa shape index (κ3) is 2.65. The first-order valence-corrected chi connectivity index (χ1v) is 6.60. The van der Waals surface area contributed by atoms with Crippen LogP contribution < -0.4 is 16.2 Å². The summed E-state index contributed by atoms with van der Waals surface area (Å²) in [7, 11) is 1.58. The molecule has 1 aromatic heterocycles. The van der Waals surface area contributed by atoms with Gasteiger partial charge in [0, 0.05) is 25.4 Å². The van der Waals surface area contributed by atoms with E-state index in [2.05, 4.69) is 15.4 Å². The highest BCUT2D eigenvalue weighted by atomic mass is 19.1. The molecular weight excluding hydrogens is 273 g/mol. The van der Waals surface area contributed by atoms with Crippen LogP contribution in [0, 0.1) is 5.82 Å². The van der Waals surface area contributed by atoms with Crippen molar-refractivity contribution in [2.45, 2.75) is 13.0 Å². The van der Waals surface area contributed by atoms with Crippen molar-refractivity contribution in [3.63, 3.8) is 0 Å². The lowest BCUT2D eigenvalue weighted by Gasteiger charge is -2.19. The lowest BCUT2D eigenvalue weighted by atomic mass is 10.2. The first-order chi connectivity index (χ1) is 10.2. The van der Waals surface area contributed by atoms with E-state index in [0.29, 0.717) is 17.5 Å². The minimum atomic E-state index is -0.260. The molecule has 0 unspecified atom stereocenters. The Morgan fingerprint density at radius 2 is 2.24 bits per heavy atom. The number of hydrogen-bond donors (Lipinski definition) is 2. The number of benzene rings is 1. The number of fused-ring (bicyclic) bond motifs is 1. The SMILES string of the molecule is COCc1nc(NN)cc(N2CCc3ccc(F)cc32)n1. The van der Waals surface area contributed by atoms with Crippen LogP contribution in [0.25, 0.3) is 0 Å². The first-order valence-electron chi connectivity index (χ1n) is 6.60. The fourth-order valence-corrected chi connectivity index (χ4v) is 2.48. The Kier molecular flexibility index (Phi) is 3.68. The Hall–Kier alpha value is -2.25. The lowest BCUT2D eigenvalue weighted by Crippen LogP contribution is -2.18. The number of hydrazine groups is 1. The third-order valence-corrected chi connectivity index (χ3v) is 3.40. The molecule has 1 aliphatic heterocycles. The topological polar surface area (TPSA) is 76.3 Å². The minimum absolute atomic E-state index is 0.260. The van der Waals surface area contributed by atoms with Crippen molar-refractivity contribution < 1.29 is 9.13 Å². The number of aromatic nitrogens is 2. The van der Waals surface area contributed by atoms with Crippen molar-refractivity contribution in [1.82, 2.24) is 9.97 Å². The summed E-state index contributed by atoms with van der Waals surface area (Å²) in [4.78, 5) is 10.6. The monoisotopic (exact) mass is 289 g/mol. The highest BCUT2D eigenvalue weighted by molar-refractivity contribution is 5.69. The number of nitrogens with two attached hydrogens (primary N) is 1. The van der Waals surface area contributed by atoms with Crippen LogP contribution in [0.1, 0.15) is 11.4 Å². The Morgan fingerprint density at radius 1 is 1.38 bits per heavy atom. The van der Waals surface area contributed by atoms with E-state index in [9.17, 15) is 4.39 Å². The van der Waals surface area contributed by atoms with Gasteiger partial charge in [-0.25, -0.2) is 20.2 Å². The molecule has 1 aliphatic rings. The average Bonchev–Trinajstić information content (AvgIpc) is 2.90. The largest absolute Gasteiger partial charge is 0.377 e. The fraction of sp³-hybridized carbons (Fsp3) is 0.286. The highest BCUT2D eigenvalue weighted by Gasteiger charge is 2.23. The van der Waals surface area contributed by atoms with Gasteiger partial charge in [-0.3, -0.25) is 0 Å². The summed E-state index contributed by atoms with van der Waals surface area (Å²) in [5, 5.41) is 0. The van der Waals surface area contributed by atoms with E-state index in [1.807, 2.05) is 11.0 Å². The molecule has 6 nitrogen and oxygen atoms in total. The summed E-state index contributed by atoms with van der Waals surface area (Å²) in [6, 6.07) is 6.55. The first kappa shape index (κ1) is 13.7. The predicted octanol–water partition coefficient (Wildman–Crippen LogP) is 1.74. The second kappa shape index (κ2) is 5.63. The van der Waals surface area contributed by atoms with Crippen LogP contribution in [0.3, 0.4) is 0 Å². The molecule has 1 aromatic carbocycles. The number of nitrogen functional groups attached to an aromatic ring is 1. The molecule has 0 fully saturated rings. The molecule has 0 saturated heterocycles. The van der Waals surface area contributed by atoms with E-state index in [0.717, 1.165) is 24.2 Å². The number of nitrogens with one attached hydrogen (secondary N) is 1. The second-order valence-corrected chi connectivity index (χ2v) is 4.78. The molecule has 3 rings (SSSR count). The number of anilines is 3. The Bertz CT molecular complexity index is 664. The molecule has 110 valence electrons. The molecular formula is C14H16FN5O. The quantitative estimate of drug-likeness (QED) is 0.659. The number of ether oxygens (including phenoxy) is 1. The van der Waals surface area contributed by atoms with Gasteiger partial charge < -0.3 is 15.1 Å².